The van der Waals surface area contributed by atoms with Gasteiger partial charge in [0.2, 0.25) is 6.10 Å². The summed E-state index contributed by atoms with van der Waals surface area (Å²) in [6, 6.07) is 16.7. The molecule has 10 heteroatoms. The number of fused-ring (bicyclic) bond motifs is 1. The first-order valence-electron chi connectivity index (χ1n) is 11.6. The van der Waals surface area contributed by atoms with Crippen LogP contribution in [0.5, 0.6) is 11.5 Å². The van der Waals surface area contributed by atoms with Gasteiger partial charge in [0, 0.05) is 5.69 Å². The van der Waals surface area contributed by atoms with Crippen LogP contribution in [0.15, 0.2) is 65.6 Å². The van der Waals surface area contributed by atoms with Gasteiger partial charge in [-0.2, -0.15) is 0 Å². The summed E-state index contributed by atoms with van der Waals surface area (Å²) < 4.78 is 44.6. The van der Waals surface area contributed by atoms with E-state index in [-0.39, 0.29) is 18.0 Å². The molecule has 0 radical (unpaired) electrons. The van der Waals surface area contributed by atoms with Gasteiger partial charge in [-0.1, -0.05) is 18.2 Å². The van der Waals surface area contributed by atoms with Crippen molar-refractivity contribution >= 4 is 33.3 Å². The van der Waals surface area contributed by atoms with E-state index >= 15 is 0 Å². The molecule has 1 N–H and O–H groups in total. The van der Waals surface area contributed by atoms with E-state index in [1.165, 1.54) is 30.2 Å². The van der Waals surface area contributed by atoms with E-state index in [4.69, 9.17) is 14.2 Å². The van der Waals surface area contributed by atoms with Gasteiger partial charge in [0.15, 0.2) is 6.61 Å². The van der Waals surface area contributed by atoms with Crippen LogP contribution in [-0.4, -0.2) is 46.7 Å². The van der Waals surface area contributed by atoms with E-state index in [2.05, 4.69) is 4.72 Å². The van der Waals surface area contributed by atoms with Gasteiger partial charge in [0.25, 0.3) is 15.9 Å². The van der Waals surface area contributed by atoms with Gasteiger partial charge < -0.3 is 19.1 Å². The third kappa shape index (κ3) is 5.69. The van der Waals surface area contributed by atoms with Crippen molar-refractivity contribution in [2.75, 3.05) is 29.9 Å². The minimum absolute atomic E-state index is 0.0216. The SMILES string of the molecule is COC(=O)[C@H]1CN(C(=O)COc2ccc(S(=O)(=O)Nc3ccc(C)c(C)c3)cc2C)c2ccccc2O1. The molecule has 9 nitrogen and oxygen atoms in total. The number of methoxy groups -OCH3 is 1. The second-order valence-corrected chi connectivity index (χ2v) is 10.4. The van der Waals surface area contributed by atoms with Gasteiger partial charge >= 0.3 is 5.97 Å². The maximum Gasteiger partial charge on any atom is 0.348 e. The Morgan fingerprint density at radius 1 is 1.00 bits per heavy atom. The first kappa shape index (κ1) is 26.0. The second kappa shape index (κ2) is 10.5. The van der Waals surface area contributed by atoms with Crippen molar-refractivity contribution in [3.8, 4) is 11.5 Å². The maximum atomic E-state index is 13.1. The number of anilines is 2. The molecule has 1 aliphatic heterocycles. The molecule has 194 valence electrons. The molecule has 1 atom stereocenters. The molecule has 0 bridgehead atoms. The Kier molecular flexibility index (Phi) is 7.40. The minimum Gasteiger partial charge on any atom is -0.483 e. The van der Waals surface area contributed by atoms with Crippen LogP contribution < -0.4 is 19.1 Å². The number of para-hydroxylation sites is 2. The highest BCUT2D eigenvalue weighted by atomic mass is 32.2. The van der Waals surface area contributed by atoms with E-state index in [1.54, 1.807) is 43.3 Å². The molecular weight excluding hydrogens is 496 g/mol. The molecule has 1 heterocycles. The number of benzene rings is 3. The highest BCUT2D eigenvalue weighted by Crippen LogP contribution is 2.33. The zero-order valence-corrected chi connectivity index (χ0v) is 21.8. The van der Waals surface area contributed by atoms with E-state index in [0.29, 0.717) is 28.4 Å². The fraction of sp³-hybridized carbons (Fsp3) is 0.259. The smallest absolute Gasteiger partial charge is 0.348 e. The van der Waals surface area contributed by atoms with Crippen molar-refractivity contribution in [2.24, 2.45) is 0 Å². The van der Waals surface area contributed by atoms with E-state index in [0.717, 1.165) is 11.1 Å². The maximum absolute atomic E-state index is 13.1. The fourth-order valence-electron chi connectivity index (χ4n) is 3.91. The summed E-state index contributed by atoms with van der Waals surface area (Å²) in [6.07, 6.45) is -0.958. The second-order valence-electron chi connectivity index (χ2n) is 8.72. The van der Waals surface area contributed by atoms with Crippen LogP contribution >= 0.6 is 0 Å². The number of rotatable bonds is 7. The number of hydrogen-bond donors (Lipinski definition) is 1. The quantitative estimate of drug-likeness (QED) is 0.469. The third-order valence-electron chi connectivity index (χ3n) is 6.11. The van der Waals surface area contributed by atoms with Crippen LogP contribution in [0, 0.1) is 20.8 Å². The number of hydrogen-bond acceptors (Lipinski definition) is 7. The van der Waals surface area contributed by atoms with E-state index in [9.17, 15) is 18.0 Å². The summed E-state index contributed by atoms with van der Waals surface area (Å²) in [4.78, 5) is 26.6. The highest BCUT2D eigenvalue weighted by Gasteiger charge is 2.34. The number of esters is 1. The molecule has 3 aromatic rings. The monoisotopic (exact) mass is 524 g/mol. The number of ether oxygens (including phenoxy) is 3. The number of nitrogens with zero attached hydrogens (tertiary/aromatic N) is 1. The summed E-state index contributed by atoms with van der Waals surface area (Å²) in [6.45, 7) is 5.22. The van der Waals surface area contributed by atoms with Crippen molar-refractivity contribution in [3.05, 3.63) is 77.4 Å². The summed E-state index contributed by atoms with van der Waals surface area (Å²) >= 11 is 0. The standard InChI is InChI=1S/C27H28N2O7S/c1-17-9-10-20(13-18(17)2)28-37(32,33)21-11-12-23(19(3)14-21)35-16-26(30)29-15-25(27(31)34-4)36-24-8-6-5-7-22(24)29/h5-14,25,28H,15-16H2,1-4H3/t25-/m1/s1. The third-order valence-corrected chi connectivity index (χ3v) is 7.48. The summed E-state index contributed by atoms with van der Waals surface area (Å²) in [5.74, 6) is -0.225. The lowest BCUT2D eigenvalue weighted by atomic mass is 10.1. The van der Waals surface area contributed by atoms with Crippen molar-refractivity contribution in [3.63, 3.8) is 0 Å². The van der Waals surface area contributed by atoms with Crippen LogP contribution in [0.25, 0.3) is 0 Å². The van der Waals surface area contributed by atoms with Crippen molar-refractivity contribution in [1.29, 1.82) is 0 Å². The van der Waals surface area contributed by atoms with Gasteiger partial charge in [-0.3, -0.25) is 9.52 Å². The lowest BCUT2D eigenvalue weighted by molar-refractivity contribution is -0.148. The van der Waals surface area contributed by atoms with Gasteiger partial charge in [-0.05, 0) is 79.9 Å². The molecule has 0 saturated carbocycles. The topological polar surface area (TPSA) is 111 Å². The zero-order valence-electron chi connectivity index (χ0n) is 21.0. The lowest BCUT2D eigenvalue weighted by Crippen LogP contribution is -2.48. The average Bonchev–Trinajstić information content (AvgIpc) is 2.88. The van der Waals surface area contributed by atoms with Gasteiger partial charge in [0.05, 0.1) is 24.2 Å². The number of aryl methyl sites for hydroxylation is 3. The van der Waals surface area contributed by atoms with Gasteiger partial charge in [-0.25, -0.2) is 13.2 Å². The molecule has 3 aromatic carbocycles. The number of nitrogens with one attached hydrogen (secondary N) is 1. The largest absolute Gasteiger partial charge is 0.483 e. The van der Waals surface area contributed by atoms with Gasteiger partial charge in [-0.15, -0.1) is 0 Å². The minimum atomic E-state index is -3.82. The molecule has 4 rings (SSSR count). The summed E-state index contributed by atoms with van der Waals surface area (Å²) in [7, 11) is -2.56. The van der Waals surface area contributed by atoms with Crippen LogP contribution in [0.2, 0.25) is 0 Å². The predicted octanol–water partition coefficient (Wildman–Crippen LogP) is 3.76. The summed E-state index contributed by atoms with van der Waals surface area (Å²) in [5.41, 5.74) is 3.59. The van der Waals surface area contributed by atoms with Crippen molar-refractivity contribution in [1.82, 2.24) is 0 Å². The number of carbonyl (C=O) groups excluding carboxylic acids is 2. The molecule has 0 saturated heterocycles. The normalized spacial score (nSPS) is 14.8. The Morgan fingerprint density at radius 2 is 1.76 bits per heavy atom. The molecule has 37 heavy (non-hydrogen) atoms. The fourth-order valence-corrected chi connectivity index (χ4v) is 5.05. The average molecular weight is 525 g/mol. The van der Waals surface area contributed by atoms with E-state index in [1.807, 2.05) is 19.9 Å². The Hall–Kier alpha value is -4.05. The Labute approximate surface area is 216 Å². The molecule has 0 unspecified atom stereocenters. The molecule has 0 aliphatic carbocycles. The van der Waals surface area contributed by atoms with Crippen LogP contribution in [0.3, 0.4) is 0 Å². The predicted molar refractivity (Wildman–Crippen MR) is 139 cm³/mol. The highest BCUT2D eigenvalue weighted by molar-refractivity contribution is 7.92. The summed E-state index contributed by atoms with van der Waals surface area (Å²) in [5, 5.41) is 0. The molecule has 1 aliphatic rings. The van der Waals surface area contributed by atoms with E-state index < -0.39 is 28.0 Å². The van der Waals surface area contributed by atoms with Crippen molar-refractivity contribution < 1.29 is 32.2 Å². The Balaban J connectivity index is 1.47. The number of carbonyl (C=O) groups is 2. The molecule has 0 fully saturated rings. The zero-order chi connectivity index (χ0) is 26.7. The molecule has 1 amide bonds. The first-order valence-corrected chi connectivity index (χ1v) is 13.0. The molecular formula is C27H28N2O7S. The Bertz CT molecular complexity index is 1450. The van der Waals surface area contributed by atoms with Crippen LogP contribution in [-0.2, 0) is 24.3 Å². The van der Waals surface area contributed by atoms with Crippen LogP contribution in [0.1, 0.15) is 16.7 Å². The number of amides is 1. The molecule has 0 aromatic heterocycles. The number of sulfonamides is 1. The van der Waals surface area contributed by atoms with Crippen LogP contribution in [0.4, 0.5) is 11.4 Å². The van der Waals surface area contributed by atoms with Gasteiger partial charge in [0.1, 0.15) is 11.5 Å². The Morgan fingerprint density at radius 3 is 2.46 bits per heavy atom. The molecule has 0 spiro atoms. The lowest BCUT2D eigenvalue weighted by Gasteiger charge is -2.33. The van der Waals surface area contributed by atoms with Crippen molar-refractivity contribution in [2.45, 2.75) is 31.8 Å². The first-order chi connectivity index (χ1) is 17.6.